The SMILES string of the molecule is CC(=O)N1c2ccc([C@H](O)CN3CCSCC3)cc2C[C@@H]1C. The van der Waals surface area contributed by atoms with E-state index >= 15 is 0 Å². The summed E-state index contributed by atoms with van der Waals surface area (Å²) in [6, 6.07) is 6.25. The van der Waals surface area contributed by atoms with Gasteiger partial charge in [0.1, 0.15) is 0 Å². The number of hydrogen-bond donors (Lipinski definition) is 1. The van der Waals surface area contributed by atoms with Crippen molar-refractivity contribution in [1.29, 1.82) is 0 Å². The molecule has 0 aromatic heterocycles. The molecule has 1 N–H and O–H groups in total. The molecule has 0 unspecified atom stereocenters. The van der Waals surface area contributed by atoms with E-state index in [1.54, 1.807) is 6.92 Å². The van der Waals surface area contributed by atoms with Crippen LogP contribution >= 0.6 is 11.8 Å². The zero-order chi connectivity index (χ0) is 15.7. The van der Waals surface area contributed by atoms with Crippen LogP contribution in [0, 0.1) is 0 Å². The minimum atomic E-state index is -0.449. The minimum absolute atomic E-state index is 0.0883. The molecule has 0 spiro atoms. The number of β-amino-alcohol motifs (C(OH)–C–C–N with tert-alkyl or cyclic N) is 1. The quantitative estimate of drug-likeness (QED) is 0.926. The summed E-state index contributed by atoms with van der Waals surface area (Å²) < 4.78 is 0. The molecule has 2 aliphatic rings. The van der Waals surface area contributed by atoms with Crippen LogP contribution in [0.3, 0.4) is 0 Å². The number of fused-ring (bicyclic) bond motifs is 1. The van der Waals surface area contributed by atoms with Crippen molar-refractivity contribution in [3.05, 3.63) is 29.3 Å². The molecule has 0 radical (unpaired) electrons. The van der Waals surface area contributed by atoms with E-state index in [1.165, 1.54) is 5.56 Å². The van der Waals surface area contributed by atoms with Crippen LogP contribution in [0.4, 0.5) is 5.69 Å². The Kier molecular flexibility index (Phi) is 4.76. The topological polar surface area (TPSA) is 43.8 Å². The first-order chi connectivity index (χ1) is 10.6. The largest absolute Gasteiger partial charge is 0.387 e. The van der Waals surface area contributed by atoms with Gasteiger partial charge < -0.3 is 10.0 Å². The Balaban J connectivity index is 1.73. The second kappa shape index (κ2) is 6.60. The number of aliphatic hydroxyl groups excluding tert-OH is 1. The maximum Gasteiger partial charge on any atom is 0.224 e. The van der Waals surface area contributed by atoms with Crippen molar-refractivity contribution in [2.24, 2.45) is 0 Å². The van der Waals surface area contributed by atoms with E-state index in [1.807, 2.05) is 28.8 Å². The molecule has 0 bridgehead atoms. The van der Waals surface area contributed by atoms with Crippen LogP contribution < -0.4 is 4.90 Å². The Hall–Kier alpha value is -1.04. The fourth-order valence-corrected chi connectivity index (χ4v) is 4.45. The number of aliphatic hydroxyl groups is 1. The number of rotatable bonds is 3. The number of anilines is 1. The third-order valence-electron chi connectivity index (χ3n) is 4.58. The van der Waals surface area contributed by atoms with Crippen molar-refractivity contribution in [3.63, 3.8) is 0 Å². The molecule has 22 heavy (non-hydrogen) atoms. The second-order valence-corrected chi connectivity index (χ2v) is 7.48. The van der Waals surface area contributed by atoms with Crippen molar-refractivity contribution in [2.45, 2.75) is 32.4 Å². The van der Waals surface area contributed by atoms with Crippen LogP contribution in [0.25, 0.3) is 0 Å². The lowest BCUT2D eigenvalue weighted by Gasteiger charge is -2.28. The summed E-state index contributed by atoms with van der Waals surface area (Å²) in [5, 5.41) is 10.5. The summed E-state index contributed by atoms with van der Waals surface area (Å²) >= 11 is 1.98. The van der Waals surface area contributed by atoms with Gasteiger partial charge >= 0.3 is 0 Å². The van der Waals surface area contributed by atoms with Crippen LogP contribution in [-0.2, 0) is 11.2 Å². The summed E-state index contributed by atoms with van der Waals surface area (Å²) in [6.45, 7) is 6.50. The van der Waals surface area contributed by atoms with Gasteiger partial charge in [0.15, 0.2) is 0 Å². The highest BCUT2D eigenvalue weighted by molar-refractivity contribution is 7.99. The van der Waals surface area contributed by atoms with Gasteiger partial charge in [-0.1, -0.05) is 12.1 Å². The number of carbonyl (C=O) groups excluding carboxylic acids is 1. The lowest BCUT2D eigenvalue weighted by Crippen LogP contribution is -2.35. The van der Waals surface area contributed by atoms with Crippen LogP contribution in [0.2, 0.25) is 0 Å². The van der Waals surface area contributed by atoms with Gasteiger partial charge in [-0.3, -0.25) is 9.69 Å². The average molecular weight is 320 g/mol. The Morgan fingerprint density at radius 3 is 2.82 bits per heavy atom. The first kappa shape index (κ1) is 15.8. The number of thioether (sulfide) groups is 1. The summed E-state index contributed by atoms with van der Waals surface area (Å²) in [6.07, 6.45) is 0.422. The highest BCUT2D eigenvalue weighted by atomic mass is 32.2. The van der Waals surface area contributed by atoms with Crippen LogP contribution in [0.5, 0.6) is 0 Å². The molecule has 120 valence electrons. The van der Waals surface area contributed by atoms with Gasteiger partial charge in [0.25, 0.3) is 0 Å². The summed E-state index contributed by atoms with van der Waals surface area (Å²) in [7, 11) is 0. The molecular formula is C17H24N2O2S. The highest BCUT2D eigenvalue weighted by Crippen LogP contribution is 2.34. The van der Waals surface area contributed by atoms with Gasteiger partial charge in [-0.2, -0.15) is 11.8 Å². The van der Waals surface area contributed by atoms with E-state index < -0.39 is 6.10 Å². The van der Waals surface area contributed by atoms with Crippen LogP contribution in [0.15, 0.2) is 18.2 Å². The van der Waals surface area contributed by atoms with Gasteiger partial charge in [0.05, 0.1) is 6.10 Å². The maximum absolute atomic E-state index is 11.8. The van der Waals surface area contributed by atoms with Crippen molar-refractivity contribution < 1.29 is 9.90 Å². The lowest BCUT2D eigenvalue weighted by atomic mass is 10.0. The van der Waals surface area contributed by atoms with Crippen LogP contribution in [-0.4, -0.2) is 53.1 Å². The molecule has 1 saturated heterocycles. The van der Waals surface area contributed by atoms with Gasteiger partial charge in [0.2, 0.25) is 5.91 Å². The average Bonchev–Trinajstić information content (AvgIpc) is 2.83. The molecule has 0 aliphatic carbocycles. The first-order valence-electron chi connectivity index (χ1n) is 7.97. The third-order valence-corrected chi connectivity index (χ3v) is 5.52. The standard InChI is InChI=1S/C17H24N2O2S/c1-12-9-15-10-14(3-4-16(15)19(12)13(2)20)17(21)11-18-5-7-22-8-6-18/h3-4,10,12,17,21H,5-9,11H2,1-2H3/t12-,17+/m0/s1. The molecule has 1 aromatic rings. The molecule has 2 atom stereocenters. The Labute approximate surface area is 136 Å². The van der Waals surface area contributed by atoms with E-state index in [0.717, 1.165) is 42.3 Å². The molecule has 4 nitrogen and oxygen atoms in total. The van der Waals surface area contributed by atoms with Gasteiger partial charge in [-0.05, 0) is 30.5 Å². The predicted molar refractivity (Wildman–Crippen MR) is 91.5 cm³/mol. The highest BCUT2D eigenvalue weighted by Gasteiger charge is 2.29. The van der Waals surface area contributed by atoms with Crippen molar-refractivity contribution in [2.75, 3.05) is 36.0 Å². The van der Waals surface area contributed by atoms with E-state index in [2.05, 4.69) is 17.9 Å². The molecule has 1 aromatic carbocycles. The summed E-state index contributed by atoms with van der Waals surface area (Å²) in [5.41, 5.74) is 3.15. The van der Waals surface area contributed by atoms with Gasteiger partial charge in [0, 0.05) is 49.8 Å². The normalized spacial score (nSPS) is 23.4. The molecule has 3 rings (SSSR count). The minimum Gasteiger partial charge on any atom is -0.387 e. The number of hydrogen-bond acceptors (Lipinski definition) is 4. The maximum atomic E-state index is 11.8. The Morgan fingerprint density at radius 2 is 2.14 bits per heavy atom. The molecule has 2 aliphatic heterocycles. The fourth-order valence-electron chi connectivity index (χ4n) is 3.47. The van der Waals surface area contributed by atoms with Gasteiger partial charge in [-0.25, -0.2) is 0 Å². The molecule has 0 saturated carbocycles. The van der Waals surface area contributed by atoms with Crippen molar-refractivity contribution in [3.8, 4) is 0 Å². The summed E-state index contributed by atoms with van der Waals surface area (Å²) in [5.74, 6) is 2.40. The van der Waals surface area contributed by atoms with Crippen LogP contribution in [0.1, 0.15) is 31.1 Å². The Bertz CT molecular complexity index is 558. The number of amides is 1. The van der Waals surface area contributed by atoms with E-state index in [0.29, 0.717) is 6.54 Å². The first-order valence-corrected chi connectivity index (χ1v) is 9.12. The number of nitrogens with zero attached hydrogens (tertiary/aromatic N) is 2. The van der Waals surface area contributed by atoms with Crippen molar-refractivity contribution >= 4 is 23.4 Å². The lowest BCUT2D eigenvalue weighted by molar-refractivity contribution is -0.116. The summed E-state index contributed by atoms with van der Waals surface area (Å²) in [4.78, 5) is 16.0. The number of benzene rings is 1. The molecule has 5 heteroatoms. The zero-order valence-corrected chi connectivity index (χ0v) is 14.1. The zero-order valence-electron chi connectivity index (χ0n) is 13.3. The van der Waals surface area contributed by atoms with Crippen molar-refractivity contribution in [1.82, 2.24) is 4.90 Å². The smallest absolute Gasteiger partial charge is 0.224 e. The second-order valence-electron chi connectivity index (χ2n) is 6.26. The monoisotopic (exact) mass is 320 g/mol. The Morgan fingerprint density at radius 1 is 1.41 bits per heavy atom. The predicted octanol–water partition coefficient (Wildman–Crippen LogP) is 2.07. The molecule has 2 heterocycles. The molecule has 1 fully saturated rings. The number of carbonyl (C=O) groups is 1. The van der Waals surface area contributed by atoms with E-state index in [9.17, 15) is 9.90 Å². The third kappa shape index (κ3) is 3.16. The van der Waals surface area contributed by atoms with E-state index in [4.69, 9.17) is 0 Å². The molecule has 1 amide bonds. The molecular weight excluding hydrogens is 296 g/mol. The fraction of sp³-hybridized carbons (Fsp3) is 0.588. The van der Waals surface area contributed by atoms with Gasteiger partial charge in [-0.15, -0.1) is 0 Å². The van der Waals surface area contributed by atoms with E-state index in [-0.39, 0.29) is 11.9 Å².